The van der Waals surface area contributed by atoms with Gasteiger partial charge in [-0.05, 0) is 37.8 Å². The van der Waals surface area contributed by atoms with Gasteiger partial charge in [-0.3, -0.25) is 0 Å². The van der Waals surface area contributed by atoms with E-state index in [4.69, 9.17) is 10.2 Å². The molecule has 0 amide bonds. The van der Waals surface area contributed by atoms with Crippen molar-refractivity contribution in [3.05, 3.63) is 35.4 Å². The average molecular weight is 426 g/mol. The summed E-state index contributed by atoms with van der Waals surface area (Å²) in [5, 5.41) is 17.1. The zero-order chi connectivity index (χ0) is 22.1. The summed E-state index contributed by atoms with van der Waals surface area (Å²) in [6.45, 7) is 9.42. The van der Waals surface area contributed by atoms with Crippen molar-refractivity contribution in [2.45, 2.75) is 79.1 Å². The number of carbonyl (C=O) groups is 2. The number of benzene rings is 1. The Morgan fingerprint density at radius 1 is 0.655 bits per heavy atom. The summed E-state index contributed by atoms with van der Waals surface area (Å²) in [5.74, 6) is -2.46. The molecule has 0 saturated heterocycles. The van der Waals surface area contributed by atoms with Gasteiger partial charge in [0.25, 0.3) is 0 Å². The van der Waals surface area contributed by atoms with E-state index in [0.717, 1.165) is 0 Å². The van der Waals surface area contributed by atoms with E-state index in [9.17, 15) is 9.59 Å². The summed E-state index contributed by atoms with van der Waals surface area (Å²) in [6.07, 6.45) is 17.9. The Balaban J connectivity index is 0.000000571. The molecule has 1 aromatic rings. The summed E-state index contributed by atoms with van der Waals surface area (Å²) in [7, 11) is -0.562. The zero-order valence-corrected chi connectivity index (χ0v) is 19.8. The molecule has 0 aliphatic carbocycles. The first-order valence-electron chi connectivity index (χ1n) is 11.3. The van der Waals surface area contributed by atoms with Crippen molar-refractivity contribution in [3.63, 3.8) is 0 Å². The Morgan fingerprint density at radius 3 is 1.14 bits per heavy atom. The molecule has 0 unspecified atom stereocenters. The van der Waals surface area contributed by atoms with Crippen LogP contribution in [0.25, 0.3) is 0 Å². The highest BCUT2D eigenvalue weighted by Crippen LogP contribution is 2.61. The minimum absolute atomic E-state index is 0.190. The first-order valence-corrected chi connectivity index (χ1v) is 13.8. The fourth-order valence-electron chi connectivity index (χ4n) is 3.50. The molecule has 0 atom stereocenters. The van der Waals surface area contributed by atoms with E-state index >= 15 is 0 Å². The predicted octanol–water partition coefficient (Wildman–Crippen LogP) is 7.29. The van der Waals surface area contributed by atoms with Gasteiger partial charge in [0.15, 0.2) is 0 Å². The van der Waals surface area contributed by atoms with Gasteiger partial charge in [-0.15, -0.1) is 0 Å². The smallest absolute Gasteiger partial charge is 0.336 e. The average Bonchev–Trinajstić information content (AvgIpc) is 2.73. The summed E-state index contributed by atoms with van der Waals surface area (Å²) in [5.41, 5.74) is -0.380. The van der Waals surface area contributed by atoms with Crippen molar-refractivity contribution in [2.75, 3.05) is 24.6 Å². The van der Waals surface area contributed by atoms with E-state index in [1.54, 1.807) is 24.6 Å². The molecule has 0 aliphatic rings. The molecule has 166 valence electrons. The molecule has 0 spiro atoms. The fraction of sp³-hybridized carbons (Fsp3) is 0.667. The van der Waals surface area contributed by atoms with Crippen molar-refractivity contribution in [2.24, 2.45) is 0 Å². The van der Waals surface area contributed by atoms with Gasteiger partial charge in [0, 0.05) is 7.26 Å². The van der Waals surface area contributed by atoms with Crippen LogP contribution in [0.15, 0.2) is 24.3 Å². The van der Waals surface area contributed by atoms with Crippen molar-refractivity contribution in [1.82, 2.24) is 0 Å². The molecule has 0 aliphatic heterocycles. The molecule has 1 rings (SSSR count). The highest BCUT2D eigenvalue weighted by molar-refractivity contribution is 7.75. The fourth-order valence-corrected chi connectivity index (χ4v) is 8.79. The minimum Gasteiger partial charge on any atom is -0.478 e. The second-order valence-corrected chi connectivity index (χ2v) is 12.3. The third-order valence-corrected chi connectivity index (χ3v) is 10.4. The maximum atomic E-state index is 10.5. The normalized spacial score (nSPS) is 10.9. The quantitative estimate of drug-likeness (QED) is 0.307. The number of carboxylic acids is 2. The lowest BCUT2D eigenvalue weighted by molar-refractivity contribution is 0.0651. The van der Waals surface area contributed by atoms with Crippen LogP contribution in [-0.4, -0.2) is 46.8 Å². The van der Waals surface area contributed by atoms with Crippen LogP contribution in [0.5, 0.6) is 0 Å². The standard InChI is InChI=1S/C16H36P.C8H6O4/c1-5-9-13-17(14-10-6-2,15-11-7-3)16-12-8-4;9-7(10)5-3-1-2-4-6(5)8(11)12/h5-16H2,1-4H3;1-4H,(H,9,10)(H,11,12)/q+1;. The maximum Gasteiger partial charge on any atom is 0.336 e. The SMILES string of the molecule is CCCC[P+](CCCC)(CCCC)CCCC.O=C(O)c1ccccc1C(=O)O. The van der Waals surface area contributed by atoms with Gasteiger partial charge in [-0.1, -0.05) is 65.5 Å². The number of hydrogen-bond donors (Lipinski definition) is 2. The molecular weight excluding hydrogens is 383 g/mol. The molecular formula is C24H42O4P+. The number of hydrogen-bond acceptors (Lipinski definition) is 2. The molecule has 4 nitrogen and oxygen atoms in total. The van der Waals surface area contributed by atoms with Crippen LogP contribution < -0.4 is 0 Å². The number of carboxylic acid groups (broad SMARTS) is 2. The molecule has 0 fully saturated rings. The maximum absolute atomic E-state index is 10.5. The highest BCUT2D eigenvalue weighted by atomic mass is 31.2. The second kappa shape index (κ2) is 16.4. The highest BCUT2D eigenvalue weighted by Gasteiger charge is 2.34. The Hall–Kier alpha value is -1.41. The molecule has 0 bridgehead atoms. The van der Waals surface area contributed by atoms with E-state index in [1.807, 2.05) is 0 Å². The van der Waals surface area contributed by atoms with Gasteiger partial charge < -0.3 is 10.2 Å². The van der Waals surface area contributed by atoms with Crippen LogP contribution >= 0.6 is 7.26 Å². The molecule has 0 saturated carbocycles. The first-order chi connectivity index (χ1) is 13.9. The monoisotopic (exact) mass is 425 g/mol. The van der Waals surface area contributed by atoms with E-state index in [0.29, 0.717) is 0 Å². The molecule has 5 heteroatoms. The molecule has 0 aromatic heterocycles. The lowest BCUT2D eigenvalue weighted by Gasteiger charge is -2.28. The van der Waals surface area contributed by atoms with Crippen LogP contribution in [0.4, 0.5) is 0 Å². The molecule has 0 heterocycles. The van der Waals surface area contributed by atoms with Gasteiger partial charge in [0.1, 0.15) is 0 Å². The molecule has 1 aromatic carbocycles. The van der Waals surface area contributed by atoms with E-state index in [-0.39, 0.29) is 11.1 Å². The summed E-state index contributed by atoms with van der Waals surface area (Å²) < 4.78 is 0. The van der Waals surface area contributed by atoms with Crippen LogP contribution in [0, 0.1) is 0 Å². The topological polar surface area (TPSA) is 74.6 Å². The van der Waals surface area contributed by atoms with Crippen molar-refractivity contribution >= 4 is 19.2 Å². The molecule has 0 radical (unpaired) electrons. The van der Waals surface area contributed by atoms with E-state index in [2.05, 4.69) is 27.7 Å². The van der Waals surface area contributed by atoms with Crippen LogP contribution in [0.3, 0.4) is 0 Å². The lowest BCUT2D eigenvalue weighted by Crippen LogP contribution is -2.12. The minimum atomic E-state index is -1.23. The number of rotatable bonds is 14. The Labute approximate surface area is 178 Å². The second-order valence-electron chi connectivity index (χ2n) is 7.81. The first kappa shape index (κ1) is 27.6. The van der Waals surface area contributed by atoms with Crippen LogP contribution in [0.1, 0.15) is 99.8 Å². The van der Waals surface area contributed by atoms with Gasteiger partial charge >= 0.3 is 11.9 Å². The Bertz CT molecular complexity index is 515. The van der Waals surface area contributed by atoms with Gasteiger partial charge in [0.2, 0.25) is 0 Å². The number of unbranched alkanes of at least 4 members (excludes halogenated alkanes) is 4. The molecule has 29 heavy (non-hydrogen) atoms. The van der Waals surface area contributed by atoms with Crippen molar-refractivity contribution in [1.29, 1.82) is 0 Å². The van der Waals surface area contributed by atoms with Gasteiger partial charge in [-0.2, -0.15) is 0 Å². The largest absolute Gasteiger partial charge is 0.478 e. The summed E-state index contributed by atoms with van der Waals surface area (Å²) in [4.78, 5) is 20.9. The third kappa shape index (κ3) is 11.4. The lowest BCUT2D eigenvalue weighted by atomic mass is 10.1. The van der Waals surface area contributed by atoms with E-state index < -0.39 is 19.2 Å². The van der Waals surface area contributed by atoms with Gasteiger partial charge in [-0.25, -0.2) is 9.59 Å². The van der Waals surface area contributed by atoms with E-state index in [1.165, 1.54) is 75.6 Å². The predicted molar refractivity (Wildman–Crippen MR) is 126 cm³/mol. The Kier molecular flexibility index (Phi) is 15.6. The Morgan fingerprint density at radius 2 is 0.931 bits per heavy atom. The number of aromatic carboxylic acids is 2. The van der Waals surface area contributed by atoms with Crippen LogP contribution in [0.2, 0.25) is 0 Å². The third-order valence-electron chi connectivity index (χ3n) is 5.33. The molecule has 2 N–H and O–H groups in total. The van der Waals surface area contributed by atoms with Gasteiger partial charge in [0.05, 0.1) is 35.8 Å². The van der Waals surface area contributed by atoms with Crippen LogP contribution in [-0.2, 0) is 0 Å². The van der Waals surface area contributed by atoms with Crippen molar-refractivity contribution in [3.8, 4) is 0 Å². The summed E-state index contributed by atoms with van der Waals surface area (Å²) >= 11 is 0. The summed E-state index contributed by atoms with van der Waals surface area (Å²) in [6, 6.07) is 5.48. The van der Waals surface area contributed by atoms with Crippen molar-refractivity contribution < 1.29 is 19.8 Å². The zero-order valence-electron chi connectivity index (χ0n) is 19.0.